The molecule has 2 nitrogen and oxygen atoms in total. The minimum Gasteiger partial charge on any atom is -0.313 e. The minimum atomic E-state index is 0.237. The van der Waals surface area contributed by atoms with Crippen LogP contribution in [-0.4, -0.2) is 18.4 Å². The number of ketones is 1. The van der Waals surface area contributed by atoms with Gasteiger partial charge in [-0.05, 0) is 6.92 Å². The summed E-state index contributed by atoms with van der Waals surface area (Å²) in [4.78, 5) is 11.0. The molecule has 0 saturated carbocycles. The maximum atomic E-state index is 11.0. The second-order valence-corrected chi connectivity index (χ2v) is 2.88. The Kier molecular flexibility index (Phi) is 1.86. The Balaban J connectivity index is 2.44. The highest BCUT2D eigenvalue weighted by atomic mass is 16.1. The molecular weight excluding hydrogens is 114 g/mol. The molecule has 0 unspecified atom stereocenters. The highest BCUT2D eigenvalue weighted by Crippen LogP contribution is 2.08. The van der Waals surface area contributed by atoms with E-state index >= 15 is 0 Å². The molecule has 1 saturated heterocycles. The summed E-state index contributed by atoms with van der Waals surface area (Å²) in [6.45, 7) is 4.88. The molecule has 1 aliphatic heterocycles. The predicted octanol–water partition coefficient (Wildman–Crippen LogP) is 0.573. The van der Waals surface area contributed by atoms with Crippen molar-refractivity contribution in [1.82, 2.24) is 5.32 Å². The smallest absolute Gasteiger partial charge is 0.138 e. The van der Waals surface area contributed by atoms with E-state index in [0.717, 1.165) is 6.54 Å². The van der Waals surface area contributed by atoms with Crippen molar-refractivity contribution in [2.24, 2.45) is 5.92 Å². The number of hydrogen-bond donors (Lipinski definition) is 1. The van der Waals surface area contributed by atoms with Crippen LogP contribution in [0, 0.1) is 5.92 Å². The minimum absolute atomic E-state index is 0.237. The maximum absolute atomic E-state index is 11.0. The Morgan fingerprint density at radius 1 is 1.56 bits per heavy atom. The monoisotopic (exact) mass is 127 g/mol. The van der Waals surface area contributed by atoms with Crippen molar-refractivity contribution in [3.63, 3.8) is 0 Å². The first-order valence-corrected chi connectivity index (χ1v) is 3.46. The van der Waals surface area contributed by atoms with Gasteiger partial charge in [-0.15, -0.1) is 0 Å². The van der Waals surface area contributed by atoms with Crippen LogP contribution < -0.4 is 5.32 Å². The van der Waals surface area contributed by atoms with Gasteiger partial charge in [0.25, 0.3) is 0 Å². The third-order valence-electron chi connectivity index (χ3n) is 1.83. The lowest BCUT2D eigenvalue weighted by Crippen LogP contribution is -2.41. The number of piperidine rings is 1. The Morgan fingerprint density at radius 3 is 2.67 bits per heavy atom. The summed E-state index contributed by atoms with van der Waals surface area (Å²) in [5.74, 6) is 0.641. The molecule has 0 radical (unpaired) electrons. The van der Waals surface area contributed by atoms with E-state index in [1.807, 2.05) is 13.8 Å². The molecule has 1 N–H and O–H groups in total. The Labute approximate surface area is 55.6 Å². The summed E-state index contributed by atoms with van der Waals surface area (Å²) in [7, 11) is 0. The fourth-order valence-corrected chi connectivity index (χ4v) is 1.07. The summed E-state index contributed by atoms with van der Waals surface area (Å²) < 4.78 is 0. The van der Waals surface area contributed by atoms with Gasteiger partial charge in [-0.25, -0.2) is 0 Å². The van der Waals surface area contributed by atoms with Crippen LogP contribution in [0.5, 0.6) is 0 Å². The zero-order valence-electron chi connectivity index (χ0n) is 5.98. The highest BCUT2D eigenvalue weighted by molar-refractivity contribution is 5.82. The van der Waals surface area contributed by atoms with Gasteiger partial charge in [0.05, 0.1) is 0 Å². The first-order valence-electron chi connectivity index (χ1n) is 3.46. The number of rotatable bonds is 0. The van der Waals surface area contributed by atoms with Crippen LogP contribution in [0.25, 0.3) is 0 Å². The summed E-state index contributed by atoms with van der Waals surface area (Å²) in [6, 6.07) is 0.397. The zero-order valence-corrected chi connectivity index (χ0v) is 5.98. The van der Waals surface area contributed by atoms with Crippen LogP contribution in [0.1, 0.15) is 20.3 Å². The number of hydrogen-bond acceptors (Lipinski definition) is 2. The molecule has 0 aromatic heterocycles. The van der Waals surface area contributed by atoms with Gasteiger partial charge >= 0.3 is 0 Å². The first kappa shape index (κ1) is 6.75. The quantitative estimate of drug-likeness (QED) is 0.515. The summed E-state index contributed by atoms with van der Waals surface area (Å²) in [5, 5.41) is 3.24. The lowest BCUT2D eigenvalue weighted by Gasteiger charge is -2.23. The standard InChI is InChI=1S/C7H13NO/c1-5-4-8-6(2)3-7(5)9/h5-6,8H,3-4H2,1-2H3/t5-,6-/m0/s1. The molecule has 1 rings (SSSR count). The molecule has 0 spiro atoms. The van der Waals surface area contributed by atoms with E-state index in [4.69, 9.17) is 0 Å². The topological polar surface area (TPSA) is 29.1 Å². The van der Waals surface area contributed by atoms with Crippen molar-refractivity contribution in [3.8, 4) is 0 Å². The number of carbonyl (C=O) groups excluding carboxylic acids is 1. The Morgan fingerprint density at radius 2 is 2.22 bits per heavy atom. The van der Waals surface area contributed by atoms with E-state index in [0.29, 0.717) is 18.2 Å². The van der Waals surface area contributed by atoms with E-state index in [9.17, 15) is 4.79 Å². The van der Waals surface area contributed by atoms with Crippen LogP contribution in [0.2, 0.25) is 0 Å². The van der Waals surface area contributed by atoms with Gasteiger partial charge < -0.3 is 5.32 Å². The van der Waals surface area contributed by atoms with Crippen LogP contribution in [0.15, 0.2) is 0 Å². The van der Waals surface area contributed by atoms with Crippen LogP contribution in [0.3, 0.4) is 0 Å². The lowest BCUT2D eigenvalue weighted by atomic mass is 9.96. The first-order chi connectivity index (χ1) is 4.20. The van der Waals surface area contributed by atoms with Gasteiger partial charge in [0.2, 0.25) is 0 Å². The molecule has 2 atom stereocenters. The third-order valence-corrected chi connectivity index (χ3v) is 1.83. The predicted molar refractivity (Wildman–Crippen MR) is 36.3 cm³/mol. The molecule has 1 fully saturated rings. The second-order valence-electron chi connectivity index (χ2n) is 2.88. The van der Waals surface area contributed by atoms with E-state index < -0.39 is 0 Å². The molecule has 0 aliphatic carbocycles. The van der Waals surface area contributed by atoms with Gasteiger partial charge in [0.15, 0.2) is 0 Å². The van der Waals surface area contributed by atoms with E-state index in [1.165, 1.54) is 0 Å². The molecule has 2 heteroatoms. The van der Waals surface area contributed by atoms with Gasteiger partial charge in [-0.2, -0.15) is 0 Å². The zero-order chi connectivity index (χ0) is 6.85. The van der Waals surface area contributed by atoms with Crippen molar-refractivity contribution in [3.05, 3.63) is 0 Å². The number of carbonyl (C=O) groups is 1. The average Bonchev–Trinajstić information content (AvgIpc) is 1.80. The number of Topliss-reactive ketones (excluding diaryl/α,β-unsaturated/α-hetero) is 1. The van der Waals surface area contributed by atoms with Gasteiger partial charge in [0.1, 0.15) is 5.78 Å². The molecule has 1 aliphatic rings. The normalized spacial score (nSPS) is 36.9. The van der Waals surface area contributed by atoms with Crippen molar-refractivity contribution in [1.29, 1.82) is 0 Å². The van der Waals surface area contributed by atoms with E-state index in [-0.39, 0.29) is 5.92 Å². The molecule has 52 valence electrons. The molecule has 0 aromatic rings. The van der Waals surface area contributed by atoms with Crippen molar-refractivity contribution < 1.29 is 4.79 Å². The highest BCUT2D eigenvalue weighted by Gasteiger charge is 2.21. The van der Waals surface area contributed by atoms with Crippen molar-refractivity contribution in [2.75, 3.05) is 6.54 Å². The Bertz CT molecular complexity index is 122. The molecule has 9 heavy (non-hydrogen) atoms. The lowest BCUT2D eigenvalue weighted by molar-refractivity contribution is -0.124. The molecular formula is C7H13NO. The molecule has 0 aromatic carbocycles. The molecule has 0 amide bonds. The van der Waals surface area contributed by atoms with Gasteiger partial charge in [0, 0.05) is 24.9 Å². The van der Waals surface area contributed by atoms with Crippen LogP contribution in [0.4, 0.5) is 0 Å². The summed E-state index contributed by atoms with van der Waals surface area (Å²) >= 11 is 0. The summed E-state index contributed by atoms with van der Waals surface area (Å²) in [6.07, 6.45) is 0.709. The van der Waals surface area contributed by atoms with Gasteiger partial charge in [-0.3, -0.25) is 4.79 Å². The third kappa shape index (κ3) is 1.52. The second kappa shape index (κ2) is 2.48. The number of nitrogens with one attached hydrogen (secondary N) is 1. The molecule has 0 bridgehead atoms. The van der Waals surface area contributed by atoms with Crippen molar-refractivity contribution in [2.45, 2.75) is 26.3 Å². The van der Waals surface area contributed by atoms with Crippen molar-refractivity contribution >= 4 is 5.78 Å². The Hall–Kier alpha value is -0.370. The van der Waals surface area contributed by atoms with Crippen LogP contribution >= 0.6 is 0 Å². The van der Waals surface area contributed by atoms with Gasteiger partial charge in [-0.1, -0.05) is 6.92 Å². The largest absolute Gasteiger partial charge is 0.313 e. The average molecular weight is 127 g/mol. The SMILES string of the molecule is C[C@H]1CC(=O)[C@@H](C)CN1. The maximum Gasteiger partial charge on any atom is 0.138 e. The van der Waals surface area contributed by atoms with E-state index in [2.05, 4.69) is 5.32 Å². The fraction of sp³-hybridized carbons (Fsp3) is 0.857. The summed E-state index contributed by atoms with van der Waals surface area (Å²) in [5.41, 5.74) is 0. The van der Waals surface area contributed by atoms with E-state index in [1.54, 1.807) is 0 Å². The fourth-order valence-electron chi connectivity index (χ4n) is 1.07. The van der Waals surface area contributed by atoms with Crippen LogP contribution in [-0.2, 0) is 4.79 Å². The molecule has 1 heterocycles.